The minimum atomic E-state index is 0.0318. The number of hydrogen-bond donors (Lipinski definition) is 1. The van der Waals surface area contributed by atoms with Gasteiger partial charge in [0.1, 0.15) is 11.3 Å². The third-order valence-corrected chi connectivity index (χ3v) is 5.35. The first kappa shape index (κ1) is 20.8. The Balaban J connectivity index is 1.45. The summed E-state index contributed by atoms with van der Waals surface area (Å²) in [5.74, 6) is 0.998. The number of fused-ring (bicyclic) bond motifs is 1. The van der Waals surface area contributed by atoms with Gasteiger partial charge in [-0.05, 0) is 68.1 Å². The van der Waals surface area contributed by atoms with Crippen LogP contribution in [-0.2, 0) is 17.8 Å². The van der Waals surface area contributed by atoms with Crippen molar-refractivity contribution in [2.45, 2.75) is 46.6 Å². The SMILES string of the molecule is Cc1ccc(Cn2c(CCCC(=O)Nc3cc(C)cc(C)c3)nc3cccnc32)cc1. The van der Waals surface area contributed by atoms with E-state index in [1.165, 1.54) is 11.1 Å². The van der Waals surface area contributed by atoms with Crippen molar-refractivity contribution in [1.82, 2.24) is 14.5 Å². The Morgan fingerprint density at radius 1 is 0.968 bits per heavy atom. The van der Waals surface area contributed by atoms with E-state index in [4.69, 9.17) is 4.98 Å². The number of nitrogens with zero attached hydrogens (tertiary/aromatic N) is 3. The van der Waals surface area contributed by atoms with Gasteiger partial charge in [0, 0.05) is 24.7 Å². The lowest BCUT2D eigenvalue weighted by Gasteiger charge is -2.10. The zero-order chi connectivity index (χ0) is 21.8. The Morgan fingerprint density at radius 3 is 2.45 bits per heavy atom. The second-order valence-electron chi connectivity index (χ2n) is 8.22. The van der Waals surface area contributed by atoms with Crippen LogP contribution in [0.2, 0.25) is 0 Å². The lowest BCUT2D eigenvalue weighted by molar-refractivity contribution is -0.116. The van der Waals surface area contributed by atoms with Crippen LogP contribution < -0.4 is 5.32 Å². The number of benzene rings is 2. The predicted molar refractivity (Wildman–Crippen MR) is 125 cm³/mol. The zero-order valence-corrected chi connectivity index (χ0v) is 18.4. The average molecular weight is 413 g/mol. The lowest BCUT2D eigenvalue weighted by Crippen LogP contribution is -2.13. The first-order valence-electron chi connectivity index (χ1n) is 10.7. The number of amides is 1. The molecule has 0 aliphatic carbocycles. The fraction of sp³-hybridized carbons (Fsp3) is 0.269. The van der Waals surface area contributed by atoms with E-state index in [0.29, 0.717) is 6.42 Å². The molecule has 2 heterocycles. The van der Waals surface area contributed by atoms with Crippen LogP contribution in [0.25, 0.3) is 11.2 Å². The molecule has 2 aromatic heterocycles. The molecule has 0 spiro atoms. The summed E-state index contributed by atoms with van der Waals surface area (Å²) in [5, 5.41) is 3.02. The molecule has 4 rings (SSSR count). The molecule has 0 saturated heterocycles. The number of pyridine rings is 1. The van der Waals surface area contributed by atoms with Crippen molar-refractivity contribution >= 4 is 22.8 Å². The average Bonchev–Trinajstić information content (AvgIpc) is 3.06. The Bertz CT molecular complexity index is 1190. The third kappa shape index (κ3) is 5.18. The van der Waals surface area contributed by atoms with Crippen molar-refractivity contribution in [2.24, 2.45) is 0 Å². The van der Waals surface area contributed by atoms with E-state index in [1.54, 1.807) is 6.20 Å². The molecule has 0 radical (unpaired) electrons. The Morgan fingerprint density at radius 2 is 1.71 bits per heavy atom. The number of aromatic nitrogens is 3. The number of carbonyl (C=O) groups is 1. The summed E-state index contributed by atoms with van der Waals surface area (Å²) < 4.78 is 2.17. The van der Waals surface area contributed by atoms with Crippen molar-refractivity contribution in [3.63, 3.8) is 0 Å². The summed E-state index contributed by atoms with van der Waals surface area (Å²) in [4.78, 5) is 21.8. The molecule has 1 amide bonds. The molecule has 1 N–H and O–H groups in total. The van der Waals surface area contributed by atoms with Gasteiger partial charge >= 0.3 is 0 Å². The zero-order valence-electron chi connectivity index (χ0n) is 18.4. The van der Waals surface area contributed by atoms with Crippen LogP contribution in [-0.4, -0.2) is 20.4 Å². The highest BCUT2D eigenvalue weighted by molar-refractivity contribution is 5.90. The molecule has 0 unspecified atom stereocenters. The quantitative estimate of drug-likeness (QED) is 0.444. The molecule has 0 fully saturated rings. The molecule has 2 aromatic carbocycles. The summed E-state index contributed by atoms with van der Waals surface area (Å²) in [6, 6.07) is 18.5. The predicted octanol–water partition coefficient (Wildman–Crippen LogP) is 5.37. The maximum atomic E-state index is 12.5. The largest absolute Gasteiger partial charge is 0.326 e. The fourth-order valence-electron chi connectivity index (χ4n) is 3.92. The Hall–Kier alpha value is -3.47. The van der Waals surface area contributed by atoms with E-state index < -0.39 is 0 Å². The fourth-order valence-corrected chi connectivity index (χ4v) is 3.92. The molecule has 0 saturated carbocycles. The van der Waals surface area contributed by atoms with Gasteiger partial charge in [-0.15, -0.1) is 0 Å². The minimum Gasteiger partial charge on any atom is -0.326 e. The first-order valence-corrected chi connectivity index (χ1v) is 10.7. The maximum absolute atomic E-state index is 12.5. The van der Waals surface area contributed by atoms with Gasteiger partial charge in [-0.1, -0.05) is 35.9 Å². The molecule has 0 aliphatic heterocycles. The lowest BCUT2D eigenvalue weighted by atomic mass is 10.1. The Kier molecular flexibility index (Phi) is 6.12. The van der Waals surface area contributed by atoms with Crippen LogP contribution in [0.15, 0.2) is 60.8 Å². The number of carbonyl (C=O) groups excluding carboxylic acids is 1. The van der Waals surface area contributed by atoms with E-state index in [-0.39, 0.29) is 5.91 Å². The number of hydrogen-bond acceptors (Lipinski definition) is 3. The second-order valence-corrected chi connectivity index (χ2v) is 8.22. The van der Waals surface area contributed by atoms with Crippen LogP contribution in [0.3, 0.4) is 0 Å². The highest BCUT2D eigenvalue weighted by Crippen LogP contribution is 2.19. The molecule has 5 heteroatoms. The van der Waals surface area contributed by atoms with Crippen molar-refractivity contribution in [3.8, 4) is 0 Å². The molecule has 4 aromatic rings. The third-order valence-electron chi connectivity index (χ3n) is 5.35. The topological polar surface area (TPSA) is 59.8 Å². The smallest absolute Gasteiger partial charge is 0.224 e. The molecule has 0 aliphatic rings. The van der Waals surface area contributed by atoms with Gasteiger partial charge in [-0.25, -0.2) is 9.97 Å². The van der Waals surface area contributed by atoms with Gasteiger partial charge in [-0.3, -0.25) is 4.79 Å². The monoisotopic (exact) mass is 412 g/mol. The van der Waals surface area contributed by atoms with Crippen LogP contribution in [0.1, 0.15) is 40.9 Å². The molecule has 5 nitrogen and oxygen atoms in total. The summed E-state index contributed by atoms with van der Waals surface area (Å²) in [7, 11) is 0. The van der Waals surface area contributed by atoms with Crippen molar-refractivity contribution in [2.75, 3.05) is 5.32 Å². The van der Waals surface area contributed by atoms with Gasteiger partial charge in [0.2, 0.25) is 5.91 Å². The first-order chi connectivity index (χ1) is 15.0. The van der Waals surface area contributed by atoms with Crippen LogP contribution in [0, 0.1) is 20.8 Å². The summed E-state index contributed by atoms with van der Waals surface area (Å²) >= 11 is 0. The van der Waals surface area contributed by atoms with Gasteiger partial charge in [0.05, 0.1) is 6.54 Å². The van der Waals surface area contributed by atoms with E-state index in [1.807, 2.05) is 38.1 Å². The second kappa shape index (κ2) is 9.13. The van der Waals surface area contributed by atoms with Crippen molar-refractivity contribution in [1.29, 1.82) is 0 Å². The highest BCUT2D eigenvalue weighted by Gasteiger charge is 2.13. The van der Waals surface area contributed by atoms with Gasteiger partial charge in [-0.2, -0.15) is 0 Å². The molecule has 0 atom stereocenters. The standard InChI is InChI=1S/C26H28N4O/c1-18-9-11-21(12-10-18)17-30-24(29-23-6-5-13-27-26(23)30)7-4-8-25(31)28-22-15-19(2)14-20(3)16-22/h5-6,9-16H,4,7-8,17H2,1-3H3,(H,28,31). The number of anilines is 1. The summed E-state index contributed by atoms with van der Waals surface area (Å²) in [6.45, 7) is 6.88. The molecular formula is C26H28N4O. The maximum Gasteiger partial charge on any atom is 0.224 e. The van der Waals surface area contributed by atoms with Crippen LogP contribution in [0.4, 0.5) is 5.69 Å². The summed E-state index contributed by atoms with van der Waals surface area (Å²) in [5.41, 5.74) is 7.39. The van der Waals surface area contributed by atoms with Crippen LogP contribution in [0.5, 0.6) is 0 Å². The van der Waals surface area contributed by atoms with E-state index in [0.717, 1.165) is 53.2 Å². The summed E-state index contributed by atoms with van der Waals surface area (Å²) in [6.07, 6.45) is 3.71. The minimum absolute atomic E-state index is 0.0318. The molecular weight excluding hydrogens is 384 g/mol. The van der Waals surface area contributed by atoms with Gasteiger partial charge in [0.25, 0.3) is 0 Å². The normalized spacial score (nSPS) is 11.1. The number of nitrogens with one attached hydrogen (secondary N) is 1. The van der Waals surface area contributed by atoms with E-state index in [9.17, 15) is 4.79 Å². The number of imidazole rings is 1. The van der Waals surface area contributed by atoms with E-state index in [2.05, 4.69) is 52.1 Å². The number of rotatable bonds is 7. The molecule has 31 heavy (non-hydrogen) atoms. The number of aryl methyl sites for hydroxylation is 4. The molecule has 158 valence electrons. The van der Waals surface area contributed by atoms with Crippen molar-refractivity contribution < 1.29 is 4.79 Å². The van der Waals surface area contributed by atoms with Crippen molar-refractivity contribution in [3.05, 3.63) is 88.9 Å². The van der Waals surface area contributed by atoms with E-state index >= 15 is 0 Å². The highest BCUT2D eigenvalue weighted by atomic mass is 16.1. The van der Waals surface area contributed by atoms with Gasteiger partial charge in [0.15, 0.2) is 5.65 Å². The Labute approximate surface area is 183 Å². The van der Waals surface area contributed by atoms with Crippen LogP contribution >= 0.6 is 0 Å². The van der Waals surface area contributed by atoms with Gasteiger partial charge < -0.3 is 9.88 Å². The molecule has 0 bridgehead atoms.